The molecule has 2 unspecified atom stereocenters. The van der Waals surface area contributed by atoms with Gasteiger partial charge in [-0.2, -0.15) is 0 Å². The molecule has 8 heteroatoms. The summed E-state index contributed by atoms with van der Waals surface area (Å²) in [5, 5.41) is 9.61. The molecule has 57 heavy (non-hydrogen) atoms. The van der Waals surface area contributed by atoms with Gasteiger partial charge in [0.1, 0.15) is 6.61 Å². The Labute approximate surface area is 349 Å². The van der Waals surface area contributed by atoms with E-state index < -0.39 is 18.1 Å². The fourth-order valence-electron chi connectivity index (χ4n) is 6.53. The second-order valence-electron chi connectivity index (χ2n) is 16.4. The molecule has 0 spiro atoms. The van der Waals surface area contributed by atoms with Gasteiger partial charge in [-0.25, -0.2) is 4.79 Å². The predicted octanol–water partition coefficient (Wildman–Crippen LogP) is 12.6. The standard InChI is InChI=1S/C49H85NO7/c1-6-8-10-12-14-16-18-20-21-22-23-24-25-26-28-29-31-33-35-37-39-47(51)56-44-45(43-55-42-41-46(49(53)54)50(3,4)5)57-48(52)40-38-36-34-32-30-27-19-17-15-13-11-9-7-2/h9,11,13,15,17,19,27,30,32,34,45-46H,6-8,10,12,14,16,18,20-26,28-29,31,33,35-44H2,1-5H3/p+1/b11-9+,15-13+,19-17+,30-27+,34-32+. The van der Waals surface area contributed by atoms with Crippen LogP contribution in [0.5, 0.6) is 0 Å². The number of aliphatic carboxylic acids is 1. The highest BCUT2D eigenvalue weighted by Gasteiger charge is 2.31. The van der Waals surface area contributed by atoms with E-state index >= 15 is 0 Å². The van der Waals surface area contributed by atoms with Crippen LogP contribution in [-0.2, 0) is 28.6 Å². The Hall–Kier alpha value is -2.97. The molecule has 0 bridgehead atoms. The minimum absolute atomic E-state index is 0.0319. The molecule has 0 rings (SSSR count). The van der Waals surface area contributed by atoms with Crippen molar-refractivity contribution in [1.82, 2.24) is 0 Å². The fourth-order valence-corrected chi connectivity index (χ4v) is 6.53. The van der Waals surface area contributed by atoms with Crippen LogP contribution in [-0.4, -0.2) is 80.6 Å². The SMILES string of the molecule is CC/C=C/C=C/C=C/C=C/C=C/CCCC(=O)OC(COCCC(C(=O)O)[N+](C)(C)C)COC(=O)CCCCCCCCCCCCCCCCCCCCCC. The van der Waals surface area contributed by atoms with E-state index in [4.69, 9.17) is 14.2 Å². The third-order valence-electron chi connectivity index (χ3n) is 10.1. The quantitative estimate of drug-likeness (QED) is 0.0285. The number of quaternary nitrogens is 1. The maximum atomic E-state index is 12.7. The van der Waals surface area contributed by atoms with Crippen molar-refractivity contribution >= 4 is 17.9 Å². The van der Waals surface area contributed by atoms with Crippen LogP contribution in [0.25, 0.3) is 0 Å². The average molecular weight is 801 g/mol. The number of likely N-dealkylation sites (N-methyl/N-ethyl adjacent to an activating group) is 1. The Kier molecular flexibility index (Phi) is 37.8. The summed E-state index contributed by atoms with van der Waals surface area (Å²) in [5.41, 5.74) is 0. The van der Waals surface area contributed by atoms with E-state index in [0.717, 1.165) is 32.1 Å². The van der Waals surface area contributed by atoms with Gasteiger partial charge in [-0.15, -0.1) is 0 Å². The van der Waals surface area contributed by atoms with Crippen molar-refractivity contribution in [2.45, 2.75) is 193 Å². The van der Waals surface area contributed by atoms with Crippen molar-refractivity contribution in [3.8, 4) is 0 Å². The largest absolute Gasteiger partial charge is 0.477 e. The highest BCUT2D eigenvalue weighted by Crippen LogP contribution is 2.16. The van der Waals surface area contributed by atoms with Gasteiger partial charge in [0.25, 0.3) is 0 Å². The number of carbonyl (C=O) groups is 3. The lowest BCUT2D eigenvalue weighted by atomic mass is 10.0. The van der Waals surface area contributed by atoms with E-state index in [0.29, 0.717) is 19.3 Å². The van der Waals surface area contributed by atoms with Crippen LogP contribution in [0.2, 0.25) is 0 Å². The van der Waals surface area contributed by atoms with Crippen molar-refractivity contribution in [2.24, 2.45) is 0 Å². The number of carbonyl (C=O) groups excluding carboxylic acids is 2. The summed E-state index contributed by atoms with van der Waals surface area (Å²) >= 11 is 0. The Balaban J connectivity index is 4.32. The zero-order valence-electron chi connectivity index (χ0n) is 37.3. The molecule has 0 aliphatic heterocycles. The molecule has 0 aromatic rings. The van der Waals surface area contributed by atoms with Crippen LogP contribution in [0, 0.1) is 0 Å². The highest BCUT2D eigenvalue weighted by molar-refractivity contribution is 5.72. The molecule has 0 radical (unpaired) electrons. The number of esters is 2. The molecule has 0 fully saturated rings. The molecule has 0 aliphatic carbocycles. The fraction of sp³-hybridized carbons (Fsp3) is 0.735. The van der Waals surface area contributed by atoms with Crippen LogP contribution >= 0.6 is 0 Å². The third kappa shape index (κ3) is 38.3. The molecule has 328 valence electrons. The number of nitrogens with zero attached hydrogens (tertiary/aromatic N) is 1. The lowest BCUT2D eigenvalue weighted by molar-refractivity contribution is -0.887. The number of hydrogen-bond acceptors (Lipinski definition) is 6. The van der Waals surface area contributed by atoms with E-state index in [2.05, 4.69) is 19.9 Å². The number of ether oxygens (including phenoxy) is 3. The number of carboxylic acid groups (broad SMARTS) is 1. The lowest BCUT2D eigenvalue weighted by Crippen LogP contribution is -2.50. The summed E-state index contributed by atoms with van der Waals surface area (Å²) in [6.45, 7) is 4.52. The molecule has 0 saturated heterocycles. The van der Waals surface area contributed by atoms with E-state index in [-0.39, 0.29) is 42.7 Å². The number of unbranched alkanes of at least 4 members (excludes halogenated alkanes) is 20. The third-order valence-corrected chi connectivity index (χ3v) is 10.1. The summed E-state index contributed by atoms with van der Waals surface area (Å²) in [6.07, 6.45) is 48.6. The van der Waals surface area contributed by atoms with Gasteiger partial charge in [-0.3, -0.25) is 9.59 Å². The molecule has 2 atom stereocenters. The van der Waals surface area contributed by atoms with Gasteiger partial charge in [0.05, 0.1) is 34.4 Å². The van der Waals surface area contributed by atoms with Crippen LogP contribution in [0.4, 0.5) is 0 Å². The van der Waals surface area contributed by atoms with Gasteiger partial charge in [-0.1, -0.05) is 197 Å². The van der Waals surface area contributed by atoms with Gasteiger partial charge in [-0.05, 0) is 25.7 Å². The Morgan fingerprint density at radius 2 is 0.982 bits per heavy atom. The molecule has 0 aliphatic rings. The molecule has 0 aromatic carbocycles. The average Bonchev–Trinajstić information content (AvgIpc) is 3.17. The topological polar surface area (TPSA) is 99.1 Å². The zero-order valence-corrected chi connectivity index (χ0v) is 37.3. The molecule has 0 heterocycles. The normalized spacial score (nSPS) is 13.5. The van der Waals surface area contributed by atoms with Gasteiger partial charge in [0.15, 0.2) is 12.1 Å². The molecule has 0 aromatic heterocycles. The maximum Gasteiger partial charge on any atom is 0.362 e. The van der Waals surface area contributed by atoms with Gasteiger partial charge in [0, 0.05) is 19.3 Å². The first-order valence-corrected chi connectivity index (χ1v) is 22.9. The Morgan fingerprint density at radius 1 is 0.544 bits per heavy atom. The first-order valence-electron chi connectivity index (χ1n) is 22.9. The summed E-state index contributed by atoms with van der Waals surface area (Å²) in [5.74, 6) is -1.56. The second-order valence-corrected chi connectivity index (χ2v) is 16.4. The van der Waals surface area contributed by atoms with Gasteiger partial charge >= 0.3 is 17.9 Å². The second kappa shape index (κ2) is 39.8. The molecular weight excluding hydrogens is 715 g/mol. The van der Waals surface area contributed by atoms with Gasteiger partial charge < -0.3 is 23.8 Å². The van der Waals surface area contributed by atoms with Crippen molar-refractivity contribution in [1.29, 1.82) is 0 Å². The van der Waals surface area contributed by atoms with Crippen LogP contribution in [0.15, 0.2) is 60.8 Å². The summed E-state index contributed by atoms with van der Waals surface area (Å²) in [4.78, 5) is 36.9. The van der Waals surface area contributed by atoms with E-state index in [1.807, 2.05) is 75.8 Å². The van der Waals surface area contributed by atoms with Crippen LogP contribution in [0.1, 0.15) is 181 Å². The zero-order chi connectivity index (χ0) is 42.1. The number of carboxylic acids is 1. The van der Waals surface area contributed by atoms with Crippen molar-refractivity contribution in [2.75, 3.05) is 41.0 Å². The minimum atomic E-state index is -0.887. The minimum Gasteiger partial charge on any atom is -0.477 e. The van der Waals surface area contributed by atoms with Gasteiger partial charge in [0.2, 0.25) is 0 Å². The summed E-state index contributed by atoms with van der Waals surface area (Å²) in [6, 6.07) is -0.628. The monoisotopic (exact) mass is 801 g/mol. The number of rotatable bonds is 40. The predicted molar refractivity (Wildman–Crippen MR) is 238 cm³/mol. The lowest BCUT2D eigenvalue weighted by Gasteiger charge is -2.31. The molecular formula is C49H86NO7+. The number of allylic oxidation sites excluding steroid dienone is 10. The van der Waals surface area contributed by atoms with E-state index in [1.165, 1.54) is 109 Å². The first-order chi connectivity index (χ1) is 27.6. The number of hydrogen-bond donors (Lipinski definition) is 1. The molecule has 0 amide bonds. The van der Waals surface area contributed by atoms with E-state index in [9.17, 15) is 19.5 Å². The summed E-state index contributed by atoms with van der Waals surface area (Å²) < 4.78 is 17.2. The smallest absolute Gasteiger partial charge is 0.362 e. The van der Waals surface area contributed by atoms with E-state index in [1.54, 1.807) is 0 Å². The van der Waals surface area contributed by atoms with Crippen molar-refractivity contribution < 1.29 is 38.2 Å². The van der Waals surface area contributed by atoms with Crippen molar-refractivity contribution in [3.05, 3.63) is 60.8 Å². The Morgan fingerprint density at radius 3 is 1.44 bits per heavy atom. The molecule has 1 N–H and O–H groups in total. The highest BCUT2D eigenvalue weighted by atomic mass is 16.6. The molecule has 8 nitrogen and oxygen atoms in total. The summed E-state index contributed by atoms with van der Waals surface area (Å²) in [7, 11) is 5.50. The van der Waals surface area contributed by atoms with Crippen LogP contribution in [0.3, 0.4) is 0 Å². The Bertz CT molecular complexity index is 1120. The van der Waals surface area contributed by atoms with Crippen molar-refractivity contribution in [3.63, 3.8) is 0 Å². The maximum absolute atomic E-state index is 12.7. The first kappa shape index (κ1) is 54.0. The molecule has 0 saturated carbocycles. The van der Waals surface area contributed by atoms with Crippen LogP contribution < -0.4 is 0 Å².